The van der Waals surface area contributed by atoms with E-state index in [0.29, 0.717) is 6.54 Å². The number of hydrogen-bond donors (Lipinski definition) is 2. The average molecular weight is 397 g/mol. The Hall–Kier alpha value is -2.63. The molecular formula is C22H25ClN4O. The number of hydrogen-bond acceptors (Lipinski definition) is 3. The monoisotopic (exact) mass is 396 g/mol. The van der Waals surface area contributed by atoms with Gasteiger partial charge in [-0.2, -0.15) is 5.10 Å². The number of carbonyl (C=O) groups excluding carboxylic acids is 1. The van der Waals surface area contributed by atoms with Crippen molar-refractivity contribution in [2.75, 3.05) is 13.1 Å². The van der Waals surface area contributed by atoms with Crippen molar-refractivity contribution >= 4 is 18.3 Å². The minimum atomic E-state index is 0. The fraction of sp³-hybridized carbons (Fsp3) is 0.273. The highest BCUT2D eigenvalue weighted by atomic mass is 35.5. The van der Waals surface area contributed by atoms with Crippen LogP contribution in [0.2, 0.25) is 0 Å². The van der Waals surface area contributed by atoms with Crippen molar-refractivity contribution in [2.45, 2.75) is 19.5 Å². The number of nitrogens with zero attached hydrogens (tertiary/aromatic N) is 2. The highest BCUT2D eigenvalue weighted by Gasteiger charge is 2.22. The molecule has 0 bridgehead atoms. The van der Waals surface area contributed by atoms with Gasteiger partial charge in [-0.3, -0.25) is 9.48 Å². The van der Waals surface area contributed by atoms with Crippen LogP contribution in [0.5, 0.6) is 0 Å². The number of halogens is 1. The first-order chi connectivity index (χ1) is 13.3. The van der Waals surface area contributed by atoms with Crippen LogP contribution >= 0.6 is 12.4 Å². The maximum absolute atomic E-state index is 12.3. The molecule has 1 unspecified atom stereocenters. The smallest absolute Gasteiger partial charge is 0.224 e. The van der Waals surface area contributed by atoms with Gasteiger partial charge in [-0.1, -0.05) is 48.5 Å². The Morgan fingerprint density at radius 2 is 1.96 bits per heavy atom. The number of aromatic nitrogens is 2. The topological polar surface area (TPSA) is 59.0 Å². The van der Waals surface area contributed by atoms with Gasteiger partial charge < -0.3 is 10.6 Å². The third-order valence-corrected chi connectivity index (χ3v) is 5.07. The summed E-state index contributed by atoms with van der Waals surface area (Å²) in [5, 5.41) is 10.6. The Morgan fingerprint density at radius 3 is 2.68 bits per heavy atom. The molecule has 4 rings (SSSR count). The minimum Gasteiger partial charge on any atom is -0.352 e. The molecule has 2 heterocycles. The first-order valence-electron chi connectivity index (χ1n) is 9.43. The molecule has 0 radical (unpaired) electrons. The van der Waals surface area contributed by atoms with Crippen LogP contribution in [0.4, 0.5) is 0 Å². The molecule has 2 aromatic carbocycles. The van der Waals surface area contributed by atoms with E-state index in [4.69, 9.17) is 0 Å². The number of amides is 1. The van der Waals surface area contributed by atoms with Gasteiger partial charge in [0.05, 0.1) is 12.5 Å². The Morgan fingerprint density at radius 1 is 1.14 bits per heavy atom. The van der Waals surface area contributed by atoms with Gasteiger partial charge in [-0.05, 0) is 41.3 Å². The molecule has 28 heavy (non-hydrogen) atoms. The van der Waals surface area contributed by atoms with Gasteiger partial charge in [-0.25, -0.2) is 0 Å². The van der Waals surface area contributed by atoms with Crippen molar-refractivity contribution in [3.05, 3.63) is 78.1 Å². The van der Waals surface area contributed by atoms with Gasteiger partial charge in [-0.15, -0.1) is 12.4 Å². The van der Waals surface area contributed by atoms with E-state index >= 15 is 0 Å². The van der Waals surface area contributed by atoms with Crippen LogP contribution in [-0.2, 0) is 17.9 Å². The molecular weight excluding hydrogens is 372 g/mol. The quantitative estimate of drug-likeness (QED) is 0.672. The lowest BCUT2D eigenvalue weighted by atomic mass is 9.98. The molecule has 2 N–H and O–H groups in total. The normalized spacial score (nSPS) is 15.8. The Kier molecular flexibility index (Phi) is 6.85. The average Bonchev–Trinajstić information content (AvgIpc) is 3.41. The molecule has 1 aliphatic rings. The zero-order valence-corrected chi connectivity index (χ0v) is 16.5. The molecule has 0 aliphatic carbocycles. The number of carbonyl (C=O) groups is 1. The molecule has 1 aliphatic heterocycles. The van der Waals surface area contributed by atoms with Crippen molar-refractivity contribution in [1.29, 1.82) is 0 Å². The van der Waals surface area contributed by atoms with Crippen molar-refractivity contribution < 1.29 is 4.79 Å². The van der Waals surface area contributed by atoms with Gasteiger partial charge in [0.2, 0.25) is 5.91 Å². The summed E-state index contributed by atoms with van der Waals surface area (Å²) in [5.41, 5.74) is 4.66. The van der Waals surface area contributed by atoms with E-state index in [-0.39, 0.29) is 24.2 Å². The standard InChI is InChI=1S/C22H24N4O.ClH/c27-22(20-10-12-23-14-20)24-15-19-4-1-2-5-21(19)18-8-6-17(7-9-18)16-26-13-3-11-25-26;/h1-9,11,13,20,23H,10,12,14-16H2,(H,24,27);1H. The zero-order valence-electron chi connectivity index (χ0n) is 15.7. The molecule has 5 nitrogen and oxygen atoms in total. The van der Waals surface area contributed by atoms with E-state index in [1.54, 1.807) is 6.20 Å². The van der Waals surface area contributed by atoms with Gasteiger partial charge in [0.25, 0.3) is 0 Å². The van der Waals surface area contributed by atoms with E-state index in [0.717, 1.165) is 42.7 Å². The molecule has 6 heteroatoms. The fourth-order valence-corrected chi connectivity index (χ4v) is 3.53. The van der Waals surface area contributed by atoms with Crippen molar-refractivity contribution in [3.8, 4) is 11.1 Å². The molecule has 1 fully saturated rings. The summed E-state index contributed by atoms with van der Waals surface area (Å²) in [7, 11) is 0. The second-order valence-electron chi connectivity index (χ2n) is 6.97. The second kappa shape index (κ2) is 9.53. The van der Waals surface area contributed by atoms with Gasteiger partial charge in [0.1, 0.15) is 0 Å². The van der Waals surface area contributed by atoms with Crippen molar-refractivity contribution in [2.24, 2.45) is 5.92 Å². The van der Waals surface area contributed by atoms with Crippen molar-refractivity contribution in [1.82, 2.24) is 20.4 Å². The van der Waals surface area contributed by atoms with E-state index in [9.17, 15) is 4.79 Å². The third kappa shape index (κ3) is 4.80. The summed E-state index contributed by atoms with van der Waals surface area (Å²) in [6.45, 7) is 3.03. The lowest BCUT2D eigenvalue weighted by molar-refractivity contribution is -0.124. The van der Waals surface area contributed by atoms with Crippen LogP contribution in [-0.4, -0.2) is 28.8 Å². The lowest BCUT2D eigenvalue weighted by Crippen LogP contribution is -2.31. The molecule has 1 aromatic heterocycles. The van der Waals surface area contributed by atoms with Gasteiger partial charge >= 0.3 is 0 Å². The van der Waals surface area contributed by atoms with Crippen LogP contribution in [0.25, 0.3) is 11.1 Å². The second-order valence-corrected chi connectivity index (χ2v) is 6.97. The Balaban J connectivity index is 0.00000225. The van der Waals surface area contributed by atoms with Crippen LogP contribution < -0.4 is 10.6 Å². The Bertz CT molecular complexity index is 887. The summed E-state index contributed by atoms with van der Waals surface area (Å²) >= 11 is 0. The van der Waals surface area contributed by atoms with Gasteiger partial charge in [0.15, 0.2) is 0 Å². The number of benzene rings is 2. The zero-order chi connectivity index (χ0) is 18.5. The summed E-state index contributed by atoms with van der Waals surface area (Å²) in [5.74, 6) is 0.239. The van der Waals surface area contributed by atoms with Crippen LogP contribution in [0.15, 0.2) is 67.0 Å². The summed E-state index contributed by atoms with van der Waals surface area (Å²) < 4.78 is 1.91. The maximum Gasteiger partial charge on any atom is 0.224 e. The Labute approximate surface area is 171 Å². The molecule has 0 saturated carbocycles. The summed E-state index contributed by atoms with van der Waals surface area (Å²) in [6.07, 6.45) is 4.68. The molecule has 146 valence electrons. The summed E-state index contributed by atoms with van der Waals surface area (Å²) in [4.78, 5) is 12.3. The first kappa shape index (κ1) is 20.1. The molecule has 1 saturated heterocycles. The maximum atomic E-state index is 12.3. The first-order valence-corrected chi connectivity index (χ1v) is 9.43. The molecule has 1 amide bonds. The lowest BCUT2D eigenvalue weighted by Gasteiger charge is -2.13. The highest BCUT2D eigenvalue weighted by molar-refractivity contribution is 5.85. The molecule has 0 spiro atoms. The number of nitrogens with one attached hydrogen (secondary N) is 2. The fourth-order valence-electron chi connectivity index (χ4n) is 3.53. The van der Waals surface area contributed by atoms with Crippen LogP contribution in [0.1, 0.15) is 17.5 Å². The van der Waals surface area contributed by atoms with E-state index in [1.165, 1.54) is 5.56 Å². The van der Waals surface area contributed by atoms with Crippen LogP contribution in [0, 0.1) is 5.92 Å². The van der Waals surface area contributed by atoms with Gasteiger partial charge in [0, 0.05) is 25.5 Å². The SMILES string of the molecule is Cl.O=C(NCc1ccccc1-c1ccc(Cn2cccn2)cc1)C1CCNC1. The highest BCUT2D eigenvalue weighted by Crippen LogP contribution is 2.24. The summed E-state index contributed by atoms with van der Waals surface area (Å²) in [6, 6.07) is 18.7. The predicted octanol–water partition coefficient (Wildman–Crippen LogP) is 3.25. The van der Waals surface area contributed by atoms with E-state index in [2.05, 4.69) is 52.1 Å². The van der Waals surface area contributed by atoms with E-state index < -0.39 is 0 Å². The molecule has 3 aromatic rings. The predicted molar refractivity (Wildman–Crippen MR) is 113 cm³/mol. The third-order valence-electron chi connectivity index (χ3n) is 5.07. The molecule has 1 atom stereocenters. The van der Waals surface area contributed by atoms with Crippen LogP contribution in [0.3, 0.4) is 0 Å². The largest absolute Gasteiger partial charge is 0.352 e. The van der Waals surface area contributed by atoms with Crippen molar-refractivity contribution in [3.63, 3.8) is 0 Å². The number of rotatable bonds is 6. The van der Waals surface area contributed by atoms with E-state index in [1.807, 2.05) is 29.1 Å². The minimum absolute atomic E-state index is 0.